The number of hydrogen-bond acceptors (Lipinski definition) is 5. The molecule has 1 aromatic heterocycles. The van der Waals surface area contributed by atoms with Crippen LogP contribution in [0.15, 0.2) is 5.38 Å². The maximum atomic E-state index is 11.3. The standard InChI is InChI=1S/C13H22N2O2S/c1-6-17-11(16)8-15(5)7-10-9-18-12(14-10)13(2,3)4/h9H,6-8H2,1-5H3. The van der Waals surface area contributed by atoms with Gasteiger partial charge in [-0.15, -0.1) is 11.3 Å². The van der Waals surface area contributed by atoms with Crippen LogP contribution in [0.5, 0.6) is 0 Å². The van der Waals surface area contributed by atoms with Crippen molar-refractivity contribution >= 4 is 17.3 Å². The first-order valence-electron chi connectivity index (χ1n) is 6.12. The summed E-state index contributed by atoms with van der Waals surface area (Å²) >= 11 is 1.67. The molecule has 0 N–H and O–H groups in total. The lowest BCUT2D eigenvalue weighted by atomic mass is 9.98. The van der Waals surface area contributed by atoms with Crippen LogP contribution in [0.25, 0.3) is 0 Å². The monoisotopic (exact) mass is 270 g/mol. The van der Waals surface area contributed by atoms with Gasteiger partial charge in [-0.2, -0.15) is 0 Å². The van der Waals surface area contributed by atoms with E-state index in [1.807, 2.05) is 18.9 Å². The molecule has 0 radical (unpaired) electrons. The highest BCUT2D eigenvalue weighted by Gasteiger charge is 2.18. The van der Waals surface area contributed by atoms with Gasteiger partial charge in [-0.05, 0) is 14.0 Å². The lowest BCUT2D eigenvalue weighted by Gasteiger charge is -2.15. The van der Waals surface area contributed by atoms with E-state index in [-0.39, 0.29) is 11.4 Å². The lowest BCUT2D eigenvalue weighted by molar-refractivity contribution is -0.144. The van der Waals surface area contributed by atoms with E-state index in [0.29, 0.717) is 19.7 Å². The summed E-state index contributed by atoms with van der Waals surface area (Å²) in [7, 11) is 1.90. The van der Waals surface area contributed by atoms with E-state index in [1.165, 1.54) is 0 Å². The van der Waals surface area contributed by atoms with Gasteiger partial charge in [0.25, 0.3) is 0 Å². The Kier molecular flexibility index (Phi) is 5.28. The third-order valence-electron chi connectivity index (χ3n) is 2.33. The number of likely N-dealkylation sites (N-methyl/N-ethyl adjacent to an activating group) is 1. The molecule has 1 aromatic rings. The molecule has 0 fully saturated rings. The predicted octanol–water partition coefficient (Wildman–Crippen LogP) is 2.44. The van der Waals surface area contributed by atoms with Gasteiger partial charge in [0.05, 0.1) is 23.9 Å². The largest absolute Gasteiger partial charge is 0.465 e. The van der Waals surface area contributed by atoms with E-state index in [4.69, 9.17) is 4.74 Å². The van der Waals surface area contributed by atoms with Crippen LogP contribution in [0.3, 0.4) is 0 Å². The molecule has 1 rings (SSSR count). The zero-order valence-electron chi connectivity index (χ0n) is 11.8. The molecule has 0 aliphatic heterocycles. The van der Waals surface area contributed by atoms with Crippen molar-refractivity contribution in [3.8, 4) is 0 Å². The van der Waals surface area contributed by atoms with Crippen molar-refractivity contribution in [2.45, 2.75) is 39.7 Å². The second-order valence-corrected chi connectivity index (χ2v) is 6.23. The van der Waals surface area contributed by atoms with Gasteiger partial charge in [0, 0.05) is 17.3 Å². The van der Waals surface area contributed by atoms with Gasteiger partial charge in [0.15, 0.2) is 0 Å². The second-order valence-electron chi connectivity index (χ2n) is 5.37. The molecule has 1 heterocycles. The van der Waals surface area contributed by atoms with E-state index in [9.17, 15) is 4.79 Å². The Labute approximate surface area is 113 Å². The Hall–Kier alpha value is -0.940. The maximum Gasteiger partial charge on any atom is 0.320 e. The fourth-order valence-electron chi connectivity index (χ4n) is 1.48. The van der Waals surface area contributed by atoms with Crippen LogP contribution in [-0.2, 0) is 21.5 Å². The molecule has 0 aliphatic carbocycles. The van der Waals surface area contributed by atoms with Gasteiger partial charge in [-0.1, -0.05) is 20.8 Å². The summed E-state index contributed by atoms with van der Waals surface area (Å²) in [5, 5.41) is 3.18. The van der Waals surface area contributed by atoms with Crippen molar-refractivity contribution in [2.75, 3.05) is 20.2 Å². The lowest BCUT2D eigenvalue weighted by Crippen LogP contribution is -2.27. The molecule has 4 nitrogen and oxygen atoms in total. The third kappa shape index (κ3) is 4.74. The van der Waals surface area contributed by atoms with Gasteiger partial charge >= 0.3 is 5.97 Å². The first-order chi connectivity index (χ1) is 8.32. The van der Waals surface area contributed by atoms with E-state index < -0.39 is 0 Å². The summed E-state index contributed by atoms with van der Waals surface area (Å²) in [6.07, 6.45) is 0. The number of esters is 1. The number of nitrogens with zero attached hydrogens (tertiary/aromatic N) is 2. The fraction of sp³-hybridized carbons (Fsp3) is 0.692. The Morgan fingerprint density at radius 3 is 2.67 bits per heavy atom. The number of ether oxygens (including phenoxy) is 1. The SMILES string of the molecule is CCOC(=O)CN(C)Cc1csc(C(C)(C)C)n1. The van der Waals surface area contributed by atoms with Crippen LogP contribution in [0, 0.1) is 0 Å². The molecule has 0 saturated carbocycles. The summed E-state index contributed by atoms with van der Waals surface area (Å²) in [4.78, 5) is 17.8. The number of carbonyl (C=O) groups is 1. The van der Waals surface area contributed by atoms with Crippen LogP contribution >= 0.6 is 11.3 Å². The van der Waals surface area contributed by atoms with Crippen LogP contribution in [0.2, 0.25) is 0 Å². The molecule has 0 spiro atoms. The summed E-state index contributed by atoms with van der Waals surface area (Å²) in [6.45, 7) is 9.67. The van der Waals surface area contributed by atoms with E-state index in [1.54, 1.807) is 11.3 Å². The third-order valence-corrected chi connectivity index (χ3v) is 3.65. The minimum atomic E-state index is -0.189. The Balaban J connectivity index is 2.52. The van der Waals surface area contributed by atoms with Gasteiger partial charge in [0.1, 0.15) is 0 Å². The molecular formula is C13H22N2O2S. The first kappa shape index (κ1) is 15.1. The minimum absolute atomic E-state index is 0.0859. The summed E-state index contributed by atoms with van der Waals surface area (Å²) in [5.74, 6) is -0.189. The molecule has 0 bridgehead atoms. The molecule has 18 heavy (non-hydrogen) atoms. The first-order valence-corrected chi connectivity index (χ1v) is 7.00. The van der Waals surface area contributed by atoms with Crippen molar-refractivity contribution in [1.82, 2.24) is 9.88 Å². The molecule has 0 atom stereocenters. The zero-order chi connectivity index (χ0) is 13.8. The normalized spacial score (nSPS) is 11.9. The van der Waals surface area contributed by atoms with Crippen LogP contribution in [0.1, 0.15) is 38.4 Å². The second kappa shape index (κ2) is 6.29. The highest BCUT2D eigenvalue weighted by Crippen LogP contribution is 2.25. The molecule has 0 saturated heterocycles. The van der Waals surface area contributed by atoms with Crippen LogP contribution in [-0.4, -0.2) is 36.1 Å². The summed E-state index contributed by atoms with van der Waals surface area (Å²) in [6, 6.07) is 0. The van der Waals surface area contributed by atoms with Gasteiger partial charge in [0.2, 0.25) is 0 Å². The summed E-state index contributed by atoms with van der Waals surface area (Å²) in [5.41, 5.74) is 1.10. The number of thiazole rings is 1. The molecule has 0 aliphatic rings. The van der Waals surface area contributed by atoms with Crippen LogP contribution < -0.4 is 0 Å². The van der Waals surface area contributed by atoms with Crippen molar-refractivity contribution in [2.24, 2.45) is 0 Å². The fourth-order valence-corrected chi connectivity index (χ4v) is 2.38. The molecule has 5 heteroatoms. The zero-order valence-corrected chi connectivity index (χ0v) is 12.6. The quantitative estimate of drug-likeness (QED) is 0.771. The number of carbonyl (C=O) groups excluding carboxylic acids is 1. The Bertz CT molecular complexity index is 396. The highest BCUT2D eigenvalue weighted by molar-refractivity contribution is 7.09. The molecule has 0 amide bonds. The van der Waals surface area contributed by atoms with Crippen molar-refractivity contribution < 1.29 is 9.53 Å². The average Bonchev–Trinajstić information content (AvgIpc) is 2.65. The smallest absolute Gasteiger partial charge is 0.320 e. The molecule has 0 unspecified atom stereocenters. The van der Waals surface area contributed by atoms with Gasteiger partial charge in [-0.3, -0.25) is 9.69 Å². The number of rotatable bonds is 5. The summed E-state index contributed by atoms with van der Waals surface area (Å²) < 4.78 is 4.91. The van der Waals surface area contributed by atoms with Crippen molar-refractivity contribution in [1.29, 1.82) is 0 Å². The minimum Gasteiger partial charge on any atom is -0.465 e. The van der Waals surface area contributed by atoms with Gasteiger partial charge < -0.3 is 4.74 Å². The van der Waals surface area contributed by atoms with E-state index >= 15 is 0 Å². The number of aromatic nitrogens is 1. The molecular weight excluding hydrogens is 248 g/mol. The maximum absolute atomic E-state index is 11.3. The van der Waals surface area contributed by atoms with Crippen LogP contribution in [0.4, 0.5) is 0 Å². The van der Waals surface area contributed by atoms with Crippen molar-refractivity contribution in [3.05, 3.63) is 16.1 Å². The van der Waals surface area contributed by atoms with E-state index in [0.717, 1.165) is 10.7 Å². The predicted molar refractivity (Wildman–Crippen MR) is 73.8 cm³/mol. The van der Waals surface area contributed by atoms with E-state index in [2.05, 4.69) is 31.1 Å². The molecule has 0 aromatic carbocycles. The average molecular weight is 270 g/mol. The molecule has 102 valence electrons. The highest BCUT2D eigenvalue weighted by atomic mass is 32.1. The topological polar surface area (TPSA) is 42.4 Å². The van der Waals surface area contributed by atoms with Crippen molar-refractivity contribution in [3.63, 3.8) is 0 Å². The number of hydrogen-bond donors (Lipinski definition) is 0. The Morgan fingerprint density at radius 2 is 2.17 bits per heavy atom. The Morgan fingerprint density at radius 1 is 1.50 bits per heavy atom. The van der Waals surface area contributed by atoms with Gasteiger partial charge in [-0.25, -0.2) is 4.98 Å².